The SMILES string of the molecule is CSc1ccc(N=Cc2c(O)[nH]c3ccccc23)cc1. The Kier molecular flexibility index (Phi) is 3.48. The Morgan fingerprint density at radius 2 is 1.85 bits per heavy atom. The van der Waals surface area contributed by atoms with Gasteiger partial charge < -0.3 is 10.1 Å². The molecule has 0 radical (unpaired) electrons. The molecule has 0 atom stereocenters. The van der Waals surface area contributed by atoms with Crippen LogP contribution in [-0.4, -0.2) is 22.6 Å². The van der Waals surface area contributed by atoms with Crippen LogP contribution in [0.25, 0.3) is 10.9 Å². The number of nitrogens with one attached hydrogen (secondary N) is 1. The summed E-state index contributed by atoms with van der Waals surface area (Å²) in [6, 6.07) is 15.8. The van der Waals surface area contributed by atoms with Gasteiger partial charge in [-0.3, -0.25) is 4.99 Å². The molecule has 4 heteroatoms. The number of nitrogens with zero attached hydrogens (tertiary/aromatic N) is 1. The highest BCUT2D eigenvalue weighted by atomic mass is 32.2. The van der Waals surface area contributed by atoms with Crippen LogP contribution < -0.4 is 0 Å². The first-order valence-corrected chi connectivity index (χ1v) is 7.48. The number of H-pyrrole nitrogens is 1. The Balaban J connectivity index is 1.95. The molecule has 0 fully saturated rings. The average Bonchev–Trinajstić information content (AvgIpc) is 2.81. The van der Waals surface area contributed by atoms with Crippen molar-refractivity contribution in [2.24, 2.45) is 4.99 Å². The fourth-order valence-corrected chi connectivity index (χ4v) is 2.50. The molecule has 0 aliphatic heterocycles. The summed E-state index contributed by atoms with van der Waals surface area (Å²) in [5.74, 6) is 0.149. The van der Waals surface area contributed by atoms with Gasteiger partial charge in [-0.2, -0.15) is 0 Å². The summed E-state index contributed by atoms with van der Waals surface area (Å²) in [7, 11) is 0. The fourth-order valence-electron chi connectivity index (χ4n) is 2.09. The van der Waals surface area contributed by atoms with E-state index in [4.69, 9.17) is 0 Å². The fraction of sp³-hybridized carbons (Fsp3) is 0.0625. The van der Waals surface area contributed by atoms with E-state index >= 15 is 0 Å². The van der Waals surface area contributed by atoms with Gasteiger partial charge in [0.2, 0.25) is 0 Å². The van der Waals surface area contributed by atoms with Crippen LogP contribution in [0.5, 0.6) is 5.88 Å². The first-order chi connectivity index (χ1) is 9.78. The Morgan fingerprint density at radius 1 is 1.10 bits per heavy atom. The molecule has 0 aliphatic carbocycles. The van der Waals surface area contributed by atoms with Crippen LogP contribution in [0, 0.1) is 0 Å². The Bertz CT molecular complexity index is 760. The van der Waals surface area contributed by atoms with Crippen molar-refractivity contribution in [2.45, 2.75) is 4.90 Å². The Morgan fingerprint density at radius 3 is 2.60 bits per heavy atom. The Labute approximate surface area is 121 Å². The van der Waals surface area contributed by atoms with E-state index < -0.39 is 0 Å². The van der Waals surface area contributed by atoms with Gasteiger partial charge in [-0.05, 0) is 36.6 Å². The van der Waals surface area contributed by atoms with E-state index in [-0.39, 0.29) is 5.88 Å². The predicted octanol–water partition coefficient (Wildman–Crippen LogP) is 4.35. The molecule has 0 amide bonds. The predicted molar refractivity (Wildman–Crippen MR) is 85.4 cm³/mol. The minimum Gasteiger partial charge on any atom is -0.494 e. The van der Waals surface area contributed by atoms with E-state index in [1.165, 1.54) is 4.90 Å². The van der Waals surface area contributed by atoms with Gasteiger partial charge in [0.15, 0.2) is 5.88 Å². The summed E-state index contributed by atoms with van der Waals surface area (Å²) in [6.45, 7) is 0. The summed E-state index contributed by atoms with van der Waals surface area (Å²) < 4.78 is 0. The van der Waals surface area contributed by atoms with Crippen LogP contribution in [0.1, 0.15) is 5.56 Å². The topological polar surface area (TPSA) is 48.4 Å². The number of aromatic amines is 1. The number of fused-ring (bicyclic) bond motifs is 1. The molecule has 0 spiro atoms. The summed E-state index contributed by atoms with van der Waals surface area (Å²) >= 11 is 1.70. The lowest BCUT2D eigenvalue weighted by atomic mass is 10.2. The molecule has 3 rings (SSSR count). The minimum absolute atomic E-state index is 0.149. The quantitative estimate of drug-likeness (QED) is 0.554. The van der Waals surface area contributed by atoms with Crippen molar-refractivity contribution in [1.82, 2.24) is 4.98 Å². The maximum Gasteiger partial charge on any atom is 0.198 e. The normalized spacial score (nSPS) is 11.4. The summed E-state index contributed by atoms with van der Waals surface area (Å²) in [5, 5.41) is 10.9. The van der Waals surface area contributed by atoms with E-state index in [1.54, 1.807) is 18.0 Å². The van der Waals surface area contributed by atoms with Gasteiger partial charge in [0, 0.05) is 22.0 Å². The maximum absolute atomic E-state index is 9.94. The second-order valence-corrected chi connectivity index (χ2v) is 5.27. The van der Waals surface area contributed by atoms with Gasteiger partial charge >= 0.3 is 0 Å². The van der Waals surface area contributed by atoms with Crippen LogP contribution in [0.3, 0.4) is 0 Å². The molecule has 0 saturated heterocycles. The summed E-state index contributed by atoms with van der Waals surface area (Å²) in [4.78, 5) is 8.57. The third-order valence-corrected chi connectivity index (χ3v) is 3.88. The molecule has 1 aromatic heterocycles. The zero-order valence-electron chi connectivity index (χ0n) is 11.0. The van der Waals surface area contributed by atoms with Crippen LogP contribution in [0.2, 0.25) is 0 Å². The molecule has 0 bridgehead atoms. The van der Waals surface area contributed by atoms with Crippen molar-refractivity contribution < 1.29 is 5.11 Å². The monoisotopic (exact) mass is 282 g/mol. The lowest BCUT2D eigenvalue weighted by Gasteiger charge is -1.97. The number of hydrogen-bond donors (Lipinski definition) is 2. The molecule has 2 N–H and O–H groups in total. The smallest absolute Gasteiger partial charge is 0.198 e. The van der Waals surface area contributed by atoms with Crippen LogP contribution >= 0.6 is 11.8 Å². The molecule has 20 heavy (non-hydrogen) atoms. The molecule has 0 saturated carbocycles. The maximum atomic E-state index is 9.94. The highest BCUT2D eigenvalue weighted by molar-refractivity contribution is 7.98. The zero-order valence-corrected chi connectivity index (χ0v) is 11.8. The highest BCUT2D eigenvalue weighted by Crippen LogP contribution is 2.26. The number of para-hydroxylation sites is 1. The lowest BCUT2D eigenvalue weighted by molar-refractivity contribution is 0.457. The molecule has 0 unspecified atom stereocenters. The van der Waals surface area contributed by atoms with Crippen LogP contribution in [-0.2, 0) is 0 Å². The van der Waals surface area contributed by atoms with Crippen molar-refractivity contribution in [1.29, 1.82) is 0 Å². The molecular weight excluding hydrogens is 268 g/mol. The number of benzene rings is 2. The number of aliphatic imine (C=N–C) groups is 1. The lowest BCUT2D eigenvalue weighted by Crippen LogP contribution is -1.78. The molecular formula is C16H14N2OS. The molecule has 2 aromatic carbocycles. The van der Waals surface area contributed by atoms with Gasteiger partial charge in [0.05, 0.1) is 11.3 Å². The molecule has 3 aromatic rings. The zero-order chi connectivity index (χ0) is 13.9. The van der Waals surface area contributed by atoms with Crippen molar-refractivity contribution in [2.75, 3.05) is 6.26 Å². The highest BCUT2D eigenvalue weighted by Gasteiger charge is 2.07. The van der Waals surface area contributed by atoms with Gasteiger partial charge in [0.25, 0.3) is 0 Å². The van der Waals surface area contributed by atoms with E-state index in [0.29, 0.717) is 0 Å². The number of rotatable bonds is 3. The summed E-state index contributed by atoms with van der Waals surface area (Å²) in [5.41, 5.74) is 2.49. The van der Waals surface area contributed by atoms with Crippen molar-refractivity contribution in [3.63, 3.8) is 0 Å². The first-order valence-electron chi connectivity index (χ1n) is 6.26. The standard InChI is InChI=1S/C16H14N2OS/c1-20-12-8-6-11(7-9-12)17-10-14-13-4-2-3-5-15(13)18-16(14)19/h2-10,18-19H,1H3. The molecule has 0 aliphatic rings. The van der Waals surface area contributed by atoms with Crippen LogP contribution in [0.4, 0.5) is 5.69 Å². The largest absolute Gasteiger partial charge is 0.494 e. The Hall–Kier alpha value is -2.20. The third-order valence-electron chi connectivity index (χ3n) is 3.14. The third kappa shape index (κ3) is 2.42. The second kappa shape index (κ2) is 5.43. The van der Waals surface area contributed by atoms with E-state index in [9.17, 15) is 5.11 Å². The van der Waals surface area contributed by atoms with Crippen LogP contribution in [0.15, 0.2) is 58.4 Å². The molecule has 1 heterocycles. The average molecular weight is 282 g/mol. The molecule has 3 nitrogen and oxygen atoms in total. The second-order valence-electron chi connectivity index (χ2n) is 4.39. The molecule has 100 valence electrons. The number of aromatic nitrogens is 1. The number of aromatic hydroxyl groups is 1. The number of thioether (sulfide) groups is 1. The van der Waals surface area contributed by atoms with Gasteiger partial charge in [-0.25, -0.2) is 0 Å². The van der Waals surface area contributed by atoms with Gasteiger partial charge in [-0.15, -0.1) is 11.8 Å². The minimum atomic E-state index is 0.149. The van der Waals surface area contributed by atoms with E-state index in [1.807, 2.05) is 54.8 Å². The van der Waals surface area contributed by atoms with Crippen molar-refractivity contribution in [3.05, 3.63) is 54.1 Å². The van der Waals surface area contributed by atoms with Gasteiger partial charge in [-0.1, -0.05) is 18.2 Å². The van der Waals surface area contributed by atoms with Crippen molar-refractivity contribution >= 4 is 34.6 Å². The van der Waals surface area contributed by atoms with Gasteiger partial charge in [0.1, 0.15) is 0 Å². The summed E-state index contributed by atoms with van der Waals surface area (Å²) in [6.07, 6.45) is 3.74. The van der Waals surface area contributed by atoms with E-state index in [2.05, 4.69) is 9.98 Å². The first kappa shape index (κ1) is 12.8. The van der Waals surface area contributed by atoms with E-state index in [0.717, 1.165) is 22.2 Å². The van der Waals surface area contributed by atoms with Crippen molar-refractivity contribution in [3.8, 4) is 5.88 Å². The number of hydrogen-bond acceptors (Lipinski definition) is 3.